The smallest absolute Gasteiger partial charge is 0.0321 e. The van der Waals surface area contributed by atoms with Crippen molar-refractivity contribution in [3.8, 4) is 0 Å². The van der Waals surface area contributed by atoms with Crippen LogP contribution in [0.4, 0.5) is 0 Å². The van der Waals surface area contributed by atoms with E-state index in [4.69, 9.17) is 0 Å². The van der Waals surface area contributed by atoms with Crippen LogP contribution in [-0.2, 0) is 0 Å². The third-order valence-corrected chi connectivity index (χ3v) is 8.10. The topological polar surface area (TPSA) is 0 Å². The number of rotatable bonds is 0. The second-order valence-electron chi connectivity index (χ2n) is 8.44. The molecule has 0 nitrogen and oxygen atoms in total. The molecule has 0 spiro atoms. The highest BCUT2D eigenvalue weighted by Gasteiger charge is 2.64. The Kier molecular flexibility index (Phi) is 2.25. The van der Waals surface area contributed by atoms with Crippen LogP contribution in [0, 0.1) is 47.3 Å². The second kappa shape index (κ2) is 3.76. The van der Waals surface area contributed by atoms with Gasteiger partial charge in [0.1, 0.15) is 0 Å². The molecular weight excluding hydrogens is 216 g/mol. The minimum Gasteiger partial charge on any atom is -0.0530 e. The van der Waals surface area contributed by atoms with Crippen LogP contribution in [0.1, 0.15) is 64.2 Å². The zero-order chi connectivity index (χ0) is 11.7. The summed E-state index contributed by atoms with van der Waals surface area (Å²) >= 11 is 0. The molecule has 100 valence electrons. The molecule has 0 aliphatic heterocycles. The minimum atomic E-state index is 1.14. The number of fused-ring (bicyclic) bond motifs is 8. The van der Waals surface area contributed by atoms with Gasteiger partial charge in [-0.3, -0.25) is 0 Å². The molecule has 8 atom stereocenters. The molecule has 5 fully saturated rings. The lowest BCUT2D eigenvalue weighted by Gasteiger charge is -2.64. The van der Waals surface area contributed by atoms with Crippen molar-refractivity contribution in [2.45, 2.75) is 64.2 Å². The quantitative estimate of drug-likeness (QED) is 0.569. The monoisotopic (exact) mass is 244 g/mol. The highest BCUT2D eigenvalue weighted by Crippen LogP contribution is 2.71. The first-order valence-electron chi connectivity index (χ1n) is 8.92. The summed E-state index contributed by atoms with van der Waals surface area (Å²) in [6.45, 7) is 0. The molecule has 0 heterocycles. The van der Waals surface area contributed by atoms with E-state index in [-0.39, 0.29) is 0 Å². The van der Waals surface area contributed by atoms with E-state index in [2.05, 4.69) is 0 Å². The Labute approximate surface area is 112 Å². The molecule has 0 aromatic rings. The summed E-state index contributed by atoms with van der Waals surface area (Å²) in [5.41, 5.74) is 0. The van der Waals surface area contributed by atoms with Crippen molar-refractivity contribution >= 4 is 0 Å². The number of hydrogen-bond acceptors (Lipinski definition) is 0. The Hall–Kier alpha value is 0. The van der Waals surface area contributed by atoms with E-state index in [0.29, 0.717) is 0 Å². The van der Waals surface area contributed by atoms with Gasteiger partial charge in [0, 0.05) is 0 Å². The Morgan fingerprint density at radius 2 is 1.11 bits per heavy atom. The lowest BCUT2D eigenvalue weighted by molar-refractivity contribution is -0.158. The average molecular weight is 244 g/mol. The Morgan fingerprint density at radius 3 is 2.06 bits per heavy atom. The van der Waals surface area contributed by atoms with Crippen molar-refractivity contribution in [2.75, 3.05) is 0 Å². The maximum Gasteiger partial charge on any atom is -0.0321 e. The number of hydrogen-bond donors (Lipinski definition) is 0. The van der Waals surface area contributed by atoms with Gasteiger partial charge in [-0.05, 0) is 66.6 Å². The standard InChI is InChI=1S/C18H28/c1-2-5-12-7-3-6-11(4-1)13-8-15-16(9-13)18-14(12)10-17(15)18/h11-18H,1-10H2. The summed E-state index contributed by atoms with van der Waals surface area (Å²) < 4.78 is 0. The highest BCUT2D eigenvalue weighted by molar-refractivity contribution is 5.13. The molecule has 0 aromatic heterocycles. The molecule has 5 saturated carbocycles. The van der Waals surface area contributed by atoms with Gasteiger partial charge in [-0.15, -0.1) is 0 Å². The zero-order valence-electron chi connectivity index (χ0n) is 11.7. The van der Waals surface area contributed by atoms with Gasteiger partial charge in [0.25, 0.3) is 0 Å². The van der Waals surface area contributed by atoms with Gasteiger partial charge in [-0.2, -0.15) is 0 Å². The SMILES string of the molecule is C1CCC2CCCC(C1)C1CC3C(C1)C1C2CC31. The third-order valence-electron chi connectivity index (χ3n) is 8.10. The Bertz CT molecular complexity index is 331. The zero-order valence-corrected chi connectivity index (χ0v) is 11.7. The van der Waals surface area contributed by atoms with Crippen molar-refractivity contribution in [3.05, 3.63) is 0 Å². The van der Waals surface area contributed by atoms with E-state index in [1.165, 1.54) is 35.5 Å². The molecule has 0 amide bonds. The van der Waals surface area contributed by atoms with E-state index in [1.807, 2.05) is 0 Å². The van der Waals surface area contributed by atoms with Gasteiger partial charge in [-0.1, -0.05) is 44.9 Å². The molecule has 0 saturated heterocycles. The van der Waals surface area contributed by atoms with Crippen LogP contribution in [0.3, 0.4) is 0 Å². The Morgan fingerprint density at radius 1 is 0.444 bits per heavy atom. The molecule has 5 aliphatic rings. The minimum absolute atomic E-state index is 1.14. The summed E-state index contributed by atoms with van der Waals surface area (Å²) in [4.78, 5) is 0. The van der Waals surface area contributed by atoms with Gasteiger partial charge in [-0.25, -0.2) is 0 Å². The lowest BCUT2D eigenvalue weighted by atomic mass is 9.41. The average Bonchev–Trinajstić information content (AvgIpc) is 2.70. The molecule has 0 heteroatoms. The van der Waals surface area contributed by atoms with Crippen LogP contribution in [0.15, 0.2) is 0 Å². The molecular formula is C18H28. The van der Waals surface area contributed by atoms with Gasteiger partial charge < -0.3 is 0 Å². The van der Waals surface area contributed by atoms with Crippen molar-refractivity contribution < 1.29 is 0 Å². The van der Waals surface area contributed by atoms with Crippen LogP contribution in [0.2, 0.25) is 0 Å². The van der Waals surface area contributed by atoms with Crippen LogP contribution in [-0.4, -0.2) is 0 Å². The van der Waals surface area contributed by atoms with Crippen molar-refractivity contribution in [2.24, 2.45) is 47.3 Å². The normalized spacial score (nSPS) is 61.3. The van der Waals surface area contributed by atoms with Crippen LogP contribution >= 0.6 is 0 Å². The summed E-state index contributed by atoms with van der Waals surface area (Å²) in [6, 6.07) is 0. The summed E-state index contributed by atoms with van der Waals surface area (Å²) in [5, 5.41) is 0. The van der Waals surface area contributed by atoms with E-state index in [9.17, 15) is 0 Å². The second-order valence-corrected chi connectivity index (χ2v) is 8.44. The predicted molar refractivity (Wildman–Crippen MR) is 74.1 cm³/mol. The fraction of sp³-hybridized carbons (Fsp3) is 1.00. The van der Waals surface area contributed by atoms with Crippen LogP contribution < -0.4 is 0 Å². The van der Waals surface area contributed by atoms with Crippen molar-refractivity contribution in [3.63, 3.8) is 0 Å². The maximum atomic E-state index is 1.67. The maximum absolute atomic E-state index is 1.67. The summed E-state index contributed by atoms with van der Waals surface area (Å²) in [7, 11) is 0. The van der Waals surface area contributed by atoms with Crippen LogP contribution in [0.25, 0.3) is 0 Å². The molecule has 8 unspecified atom stereocenters. The largest absolute Gasteiger partial charge is 0.0530 e. The fourth-order valence-electron chi connectivity index (χ4n) is 7.31. The summed E-state index contributed by atoms with van der Waals surface area (Å²) in [5.74, 6) is 9.57. The molecule has 4 bridgehead atoms. The van der Waals surface area contributed by atoms with Crippen LogP contribution in [0.5, 0.6) is 0 Å². The Balaban J connectivity index is 1.51. The van der Waals surface area contributed by atoms with Gasteiger partial charge in [0.05, 0.1) is 0 Å². The van der Waals surface area contributed by atoms with E-state index in [1.54, 1.807) is 64.2 Å². The molecule has 0 radical (unpaired) electrons. The van der Waals surface area contributed by atoms with E-state index in [0.717, 1.165) is 11.8 Å². The van der Waals surface area contributed by atoms with E-state index < -0.39 is 0 Å². The predicted octanol–water partition coefficient (Wildman–Crippen LogP) is 4.89. The van der Waals surface area contributed by atoms with Crippen molar-refractivity contribution in [1.29, 1.82) is 0 Å². The van der Waals surface area contributed by atoms with Gasteiger partial charge >= 0.3 is 0 Å². The van der Waals surface area contributed by atoms with E-state index >= 15 is 0 Å². The fourth-order valence-corrected chi connectivity index (χ4v) is 7.31. The van der Waals surface area contributed by atoms with Gasteiger partial charge in [0.2, 0.25) is 0 Å². The van der Waals surface area contributed by atoms with Gasteiger partial charge in [0.15, 0.2) is 0 Å². The summed E-state index contributed by atoms with van der Waals surface area (Å²) in [6.07, 6.45) is 16.1. The first-order chi connectivity index (χ1) is 8.92. The lowest BCUT2D eigenvalue weighted by Crippen LogP contribution is -2.58. The molecule has 5 rings (SSSR count). The molecule has 0 aromatic carbocycles. The van der Waals surface area contributed by atoms with Crippen molar-refractivity contribution in [1.82, 2.24) is 0 Å². The highest BCUT2D eigenvalue weighted by atomic mass is 14.7. The third kappa shape index (κ3) is 1.28. The molecule has 18 heavy (non-hydrogen) atoms. The first kappa shape index (κ1) is 10.7. The molecule has 5 aliphatic carbocycles. The first-order valence-corrected chi connectivity index (χ1v) is 8.92. The molecule has 0 N–H and O–H groups in total.